The second-order valence-corrected chi connectivity index (χ2v) is 7.94. The van der Waals surface area contributed by atoms with E-state index < -0.39 is 0 Å². The molecule has 3 aliphatic rings. The number of hydrogen-bond donors (Lipinski definition) is 1. The van der Waals surface area contributed by atoms with Crippen molar-refractivity contribution in [3.63, 3.8) is 0 Å². The van der Waals surface area contributed by atoms with E-state index in [0.717, 1.165) is 6.42 Å². The van der Waals surface area contributed by atoms with Gasteiger partial charge in [-0.3, -0.25) is 0 Å². The summed E-state index contributed by atoms with van der Waals surface area (Å²) < 4.78 is 0. The minimum Gasteiger partial charge on any atom is -0.393 e. The predicted molar refractivity (Wildman–Crippen MR) is 84.5 cm³/mol. The maximum Gasteiger partial charge on any atom is 0.0599 e. The third kappa shape index (κ3) is 2.50. The molecule has 3 rings (SSSR count). The largest absolute Gasteiger partial charge is 0.393 e. The Bertz CT molecular complexity index is 421. The minimum absolute atomic E-state index is 0.0682. The summed E-state index contributed by atoms with van der Waals surface area (Å²) in [6.07, 6.45) is 18.4. The van der Waals surface area contributed by atoms with Crippen LogP contribution in [0.15, 0.2) is 23.8 Å². The maximum atomic E-state index is 10.3. The average Bonchev–Trinajstić information content (AvgIpc) is 2.74. The van der Waals surface area contributed by atoms with Crippen molar-refractivity contribution in [2.75, 3.05) is 0 Å². The van der Waals surface area contributed by atoms with Crippen molar-refractivity contribution in [1.82, 2.24) is 0 Å². The molecular weight excluding hydrogens is 244 g/mol. The van der Waals surface area contributed by atoms with Crippen LogP contribution in [0.4, 0.5) is 0 Å². The second kappa shape index (κ2) is 5.33. The highest BCUT2D eigenvalue weighted by molar-refractivity contribution is 5.20. The van der Waals surface area contributed by atoms with Crippen molar-refractivity contribution >= 4 is 0 Å². The summed E-state index contributed by atoms with van der Waals surface area (Å²) in [5, 5.41) is 10.3. The Balaban J connectivity index is 1.74. The highest BCUT2D eigenvalue weighted by Crippen LogP contribution is 2.54. The van der Waals surface area contributed by atoms with Crippen LogP contribution >= 0.6 is 0 Å². The molecule has 0 aromatic carbocycles. The van der Waals surface area contributed by atoms with E-state index in [4.69, 9.17) is 0 Å². The molecule has 1 N–H and O–H groups in total. The van der Waals surface area contributed by atoms with E-state index in [-0.39, 0.29) is 11.5 Å². The van der Waals surface area contributed by atoms with Crippen molar-refractivity contribution in [2.24, 2.45) is 16.7 Å². The van der Waals surface area contributed by atoms with Crippen LogP contribution in [0.1, 0.15) is 71.6 Å². The van der Waals surface area contributed by atoms with Crippen molar-refractivity contribution in [1.29, 1.82) is 0 Å². The summed E-state index contributed by atoms with van der Waals surface area (Å²) in [5.41, 5.74) is 2.22. The van der Waals surface area contributed by atoms with Gasteiger partial charge in [0.2, 0.25) is 0 Å². The molecule has 112 valence electrons. The van der Waals surface area contributed by atoms with Crippen LogP contribution in [0, 0.1) is 16.7 Å². The molecule has 20 heavy (non-hydrogen) atoms. The topological polar surface area (TPSA) is 20.2 Å². The number of allylic oxidation sites excluding steroid dienone is 4. The molecule has 0 aromatic rings. The average molecular weight is 274 g/mol. The lowest BCUT2D eigenvalue weighted by atomic mass is 9.65. The Hall–Kier alpha value is -0.560. The van der Waals surface area contributed by atoms with Crippen molar-refractivity contribution in [3.8, 4) is 0 Å². The first-order valence-electron chi connectivity index (χ1n) is 8.58. The van der Waals surface area contributed by atoms with Crippen LogP contribution < -0.4 is 0 Å². The Morgan fingerprint density at radius 2 is 2.10 bits per heavy atom. The minimum atomic E-state index is -0.0682. The Labute approximate surface area is 124 Å². The van der Waals surface area contributed by atoms with E-state index in [1.165, 1.54) is 51.4 Å². The van der Waals surface area contributed by atoms with Gasteiger partial charge in [0.1, 0.15) is 0 Å². The van der Waals surface area contributed by atoms with Crippen molar-refractivity contribution in [2.45, 2.75) is 77.7 Å². The van der Waals surface area contributed by atoms with Crippen molar-refractivity contribution < 1.29 is 5.11 Å². The van der Waals surface area contributed by atoms with Gasteiger partial charge < -0.3 is 5.11 Å². The molecule has 0 heterocycles. The monoisotopic (exact) mass is 274 g/mol. The Morgan fingerprint density at radius 1 is 1.25 bits per heavy atom. The molecule has 0 amide bonds. The Morgan fingerprint density at radius 3 is 2.85 bits per heavy atom. The van der Waals surface area contributed by atoms with E-state index in [2.05, 4.69) is 32.1 Å². The zero-order valence-electron chi connectivity index (χ0n) is 13.2. The summed E-state index contributed by atoms with van der Waals surface area (Å²) >= 11 is 0. The number of rotatable bonds is 2. The lowest BCUT2D eigenvalue weighted by Gasteiger charge is -2.41. The number of aliphatic hydroxyl groups excluding tert-OH is 1. The predicted octanol–water partition coefficient (Wildman–Crippen LogP) is 5.01. The van der Waals surface area contributed by atoms with Crippen LogP contribution in [0.3, 0.4) is 0 Å². The molecule has 0 spiro atoms. The normalized spacial score (nSPS) is 46.6. The van der Waals surface area contributed by atoms with Crippen LogP contribution in [-0.4, -0.2) is 11.2 Å². The lowest BCUT2D eigenvalue weighted by molar-refractivity contribution is 0.0299. The third-order valence-corrected chi connectivity index (χ3v) is 6.38. The summed E-state index contributed by atoms with van der Waals surface area (Å²) in [7, 11) is 0. The highest BCUT2D eigenvalue weighted by atomic mass is 16.3. The number of aliphatic hydroxyl groups is 1. The third-order valence-electron chi connectivity index (χ3n) is 6.38. The molecular formula is C19H30O. The summed E-state index contributed by atoms with van der Waals surface area (Å²) in [4.78, 5) is 0. The van der Waals surface area contributed by atoms with Crippen molar-refractivity contribution in [3.05, 3.63) is 23.8 Å². The highest BCUT2D eigenvalue weighted by Gasteiger charge is 2.48. The van der Waals surface area contributed by atoms with Crippen LogP contribution in [-0.2, 0) is 0 Å². The summed E-state index contributed by atoms with van der Waals surface area (Å²) in [6, 6.07) is 0. The van der Waals surface area contributed by atoms with E-state index in [1.807, 2.05) is 0 Å². The molecule has 4 unspecified atom stereocenters. The van der Waals surface area contributed by atoms with Gasteiger partial charge in [-0.15, -0.1) is 0 Å². The number of hydrogen-bond acceptors (Lipinski definition) is 1. The quantitative estimate of drug-likeness (QED) is 0.702. The van der Waals surface area contributed by atoms with Gasteiger partial charge in [0.25, 0.3) is 0 Å². The van der Waals surface area contributed by atoms with E-state index in [1.54, 1.807) is 5.57 Å². The first-order chi connectivity index (χ1) is 9.54. The molecule has 0 aromatic heterocycles. The van der Waals surface area contributed by atoms with E-state index in [0.29, 0.717) is 11.3 Å². The molecule has 1 nitrogen and oxygen atoms in total. The second-order valence-electron chi connectivity index (χ2n) is 7.94. The van der Waals surface area contributed by atoms with E-state index >= 15 is 0 Å². The molecule has 0 saturated heterocycles. The first-order valence-corrected chi connectivity index (χ1v) is 8.58. The SMILES string of the molecule is CC1(C/C=C2\CCCC3(C)C(O)CCC23)C=CCCC1. The van der Waals surface area contributed by atoms with Gasteiger partial charge in [-0.1, -0.05) is 37.6 Å². The first kappa shape index (κ1) is 14.4. The van der Waals surface area contributed by atoms with E-state index in [9.17, 15) is 5.11 Å². The molecule has 1 heteroatoms. The maximum absolute atomic E-state index is 10.3. The summed E-state index contributed by atoms with van der Waals surface area (Å²) in [5.74, 6) is 0.655. The van der Waals surface area contributed by atoms with Gasteiger partial charge >= 0.3 is 0 Å². The fraction of sp³-hybridized carbons (Fsp3) is 0.789. The molecule has 3 aliphatic carbocycles. The zero-order chi connectivity index (χ0) is 14.2. The van der Waals surface area contributed by atoms with Crippen LogP contribution in [0.25, 0.3) is 0 Å². The molecule has 0 bridgehead atoms. The van der Waals surface area contributed by atoms with Gasteiger partial charge in [-0.2, -0.15) is 0 Å². The fourth-order valence-corrected chi connectivity index (χ4v) is 4.87. The molecule has 2 saturated carbocycles. The smallest absolute Gasteiger partial charge is 0.0599 e. The number of fused-ring (bicyclic) bond motifs is 1. The summed E-state index contributed by atoms with van der Waals surface area (Å²) in [6.45, 7) is 4.73. The van der Waals surface area contributed by atoms with Gasteiger partial charge in [0.05, 0.1) is 6.10 Å². The standard InChI is InChI=1S/C19H30O/c1-18(11-4-3-5-12-18)14-10-15-7-6-13-19(2)16(15)8-9-17(19)20/h4,10-11,16-17,20H,3,5-9,12-14H2,1-2H3/b15-10+. The Kier molecular flexibility index (Phi) is 3.83. The van der Waals surface area contributed by atoms with Gasteiger partial charge in [-0.05, 0) is 69.1 Å². The van der Waals surface area contributed by atoms with Crippen LogP contribution in [0.2, 0.25) is 0 Å². The van der Waals surface area contributed by atoms with Gasteiger partial charge in [-0.25, -0.2) is 0 Å². The van der Waals surface area contributed by atoms with Gasteiger partial charge in [0, 0.05) is 5.41 Å². The van der Waals surface area contributed by atoms with Gasteiger partial charge in [0.15, 0.2) is 0 Å². The lowest BCUT2D eigenvalue weighted by Crippen LogP contribution is -2.36. The molecule has 0 aliphatic heterocycles. The molecule has 0 radical (unpaired) electrons. The zero-order valence-corrected chi connectivity index (χ0v) is 13.2. The molecule has 4 atom stereocenters. The molecule has 2 fully saturated rings. The van der Waals surface area contributed by atoms with Crippen LogP contribution in [0.5, 0.6) is 0 Å². The fourth-order valence-electron chi connectivity index (χ4n) is 4.87.